The van der Waals surface area contributed by atoms with Gasteiger partial charge in [0.25, 0.3) is 0 Å². The Balaban J connectivity index is 2.22. The summed E-state index contributed by atoms with van der Waals surface area (Å²) in [7, 11) is 1.60. The molecule has 1 unspecified atom stereocenters. The first-order chi connectivity index (χ1) is 10.5. The van der Waals surface area contributed by atoms with Crippen LogP contribution in [-0.2, 0) is 20.9 Å². The van der Waals surface area contributed by atoms with Crippen molar-refractivity contribution < 1.29 is 19.1 Å². The van der Waals surface area contributed by atoms with Crippen LogP contribution in [0.3, 0.4) is 0 Å². The molecule has 1 amide bonds. The highest BCUT2D eigenvalue weighted by atomic mass is 16.5. The molecule has 1 heterocycles. The summed E-state index contributed by atoms with van der Waals surface area (Å²) >= 11 is 0. The van der Waals surface area contributed by atoms with Gasteiger partial charge >= 0.3 is 5.97 Å². The molecule has 22 heavy (non-hydrogen) atoms. The number of esters is 1. The molecule has 0 fully saturated rings. The molecule has 0 saturated heterocycles. The minimum absolute atomic E-state index is 0.0408. The zero-order valence-electron chi connectivity index (χ0n) is 13.2. The molecule has 0 saturated carbocycles. The lowest BCUT2D eigenvalue weighted by atomic mass is 10.00. The van der Waals surface area contributed by atoms with E-state index in [0.29, 0.717) is 18.7 Å². The molecule has 1 aromatic rings. The summed E-state index contributed by atoms with van der Waals surface area (Å²) in [6.45, 7) is 4.30. The van der Waals surface area contributed by atoms with E-state index in [1.807, 2.05) is 37.3 Å². The summed E-state index contributed by atoms with van der Waals surface area (Å²) in [6.07, 6.45) is 2.21. The second-order valence-corrected chi connectivity index (χ2v) is 5.28. The standard InChI is InChI=1S/C17H21NO4/c1-4-22-17(20)15-9-12(2)10-16(19)18(15)11-13-5-7-14(21-3)8-6-13/h5-9,12H,4,10-11H2,1-3H3. The van der Waals surface area contributed by atoms with Crippen LogP contribution in [0.2, 0.25) is 0 Å². The second-order valence-electron chi connectivity index (χ2n) is 5.28. The van der Waals surface area contributed by atoms with Gasteiger partial charge in [0.05, 0.1) is 20.3 Å². The zero-order valence-corrected chi connectivity index (χ0v) is 13.2. The smallest absolute Gasteiger partial charge is 0.354 e. The number of rotatable bonds is 5. The number of ether oxygens (including phenoxy) is 2. The molecule has 118 valence electrons. The second kappa shape index (κ2) is 7.11. The van der Waals surface area contributed by atoms with Gasteiger partial charge in [-0.25, -0.2) is 4.79 Å². The van der Waals surface area contributed by atoms with E-state index in [9.17, 15) is 9.59 Å². The Morgan fingerprint density at radius 2 is 2.00 bits per heavy atom. The molecule has 2 rings (SSSR count). The lowest BCUT2D eigenvalue weighted by Crippen LogP contribution is -2.38. The summed E-state index contributed by atoms with van der Waals surface area (Å²) in [5, 5.41) is 0. The first kappa shape index (κ1) is 16.1. The molecule has 0 spiro atoms. The Morgan fingerprint density at radius 3 is 2.59 bits per heavy atom. The summed E-state index contributed by atoms with van der Waals surface area (Å²) in [5.41, 5.74) is 1.26. The van der Waals surface area contributed by atoms with Gasteiger partial charge in [0.2, 0.25) is 5.91 Å². The van der Waals surface area contributed by atoms with Crippen LogP contribution in [0, 0.1) is 5.92 Å². The molecule has 0 aliphatic carbocycles. The van der Waals surface area contributed by atoms with Crippen molar-refractivity contribution in [2.75, 3.05) is 13.7 Å². The molecule has 0 radical (unpaired) electrons. The molecule has 1 atom stereocenters. The van der Waals surface area contributed by atoms with Crippen LogP contribution in [0.5, 0.6) is 5.75 Å². The number of hydrogen-bond donors (Lipinski definition) is 0. The zero-order chi connectivity index (χ0) is 16.1. The predicted molar refractivity (Wildman–Crippen MR) is 82.0 cm³/mol. The molecule has 0 bridgehead atoms. The van der Waals surface area contributed by atoms with Crippen molar-refractivity contribution in [3.05, 3.63) is 41.6 Å². The van der Waals surface area contributed by atoms with Crippen LogP contribution in [0.1, 0.15) is 25.8 Å². The van der Waals surface area contributed by atoms with E-state index in [1.165, 1.54) is 4.90 Å². The number of carbonyl (C=O) groups is 2. The average Bonchev–Trinajstić information content (AvgIpc) is 2.50. The van der Waals surface area contributed by atoms with Gasteiger partial charge in [0, 0.05) is 6.42 Å². The van der Waals surface area contributed by atoms with Crippen molar-refractivity contribution in [3.8, 4) is 5.75 Å². The molecular weight excluding hydrogens is 282 g/mol. The highest BCUT2D eigenvalue weighted by molar-refractivity contribution is 5.95. The fourth-order valence-electron chi connectivity index (χ4n) is 2.41. The Kier molecular flexibility index (Phi) is 5.20. The lowest BCUT2D eigenvalue weighted by molar-refractivity contribution is -0.145. The average molecular weight is 303 g/mol. The van der Waals surface area contributed by atoms with Gasteiger partial charge in [-0.2, -0.15) is 0 Å². The minimum atomic E-state index is -0.448. The Labute approximate surface area is 130 Å². The number of carbonyl (C=O) groups excluding carboxylic acids is 2. The molecule has 0 aromatic heterocycles. The van der Waals surface area contributed by atoms with Crippen LogP contribution in [0.25, 0.3) is 0 Å². The van der Waals surface area contributed by atoms with Crippen molar-refractivity contribution in [2.24, 2.45) is 5.92 Å². The van der Waals surface area contributed by atoms with Crippen molar-refractivity contribution >= 4 is 11.9 Å². The van der Waals surface area contributed by atoms with Gasteiger partial charge in [0.15, 0.2) is 0 Å². The number of amides is 1. The summed E-state index contributed by atoms with van der Waals surface area (Å²) < 4.78 is 10.2. The van der Waals surface area contributed by atoms with E-state index in [4.69, 9.17) is 9.47 Å². The van der Waals surface area contributed by atoms with Crippen LogP contribution in [0.4, 0.5) is 0 Å². The van der Waals surface area contributed by atoms with Gasteiger partial charge in [-0.15, -0.1) is 0 Å². The maximum Gasteiger partial charge on any atom is 0.354 e. The monoisotopic (exact) mass is 303 g/mol. The highest BCUT2D eigenvalue weighted by Gasteiger charge is 2.30. The summed E-state index contributed by atoms with van der Waals surface area (Å²) in [6, 6.07) is 7.43. The van der Waals surface area contributed by atoms with Crippen LogP contribution < -0.4 is 4.74 Å². The maximum atomic E-state index is 12.3. The van der Waals surface area contributed by atoms with E-state index >= 15 is 0 Å². The Morgan fingerprint density at radius 1 is 1.32 bits per heavy atom. The normalized spacial score (nSPS) is 18.0. The third kappa shape index (κ3) is 3.67. The van der Waals surface area contributed by atoms with Crippen LogP contribution in [-0.4, -0.2) is 30.5 Å². The molecule has 1 aliphatic heterocycles. The van der Waals surface area contributed by atoms with E-state index in [1.54, 1.807) is 14.0 Å². The maximum absolute atomic E-state index is 12.3. The van der Waals surface area contributed by atoms with E-state index in [-0.39, 0.29) is 18.4 Å². The fourth-order valence-corrected chi connectivity index (χ4v) is 2.41. The fraction of sp³-hybridized carbons (Fsp3) is 0.412. The summed E-state index contributed by atoms with van der Waals surface area (Å²) in [4.78, 5) is 25.9. The van der Waals surface area contributed by atoms with E-state index < -0.39 is 5.97 Å². The molecule has 0 N–H and O–H groups in total. The lowest BCUT2D eigenvalue weighted by Gasteiger charge is -2.29. The van der Waals surface area contributed by atoms with E-state index in [0.717, 1.165) is 11.3 Å². The largest absolute Gasteiger partial charge is 0.497 e. The number of hydrogen-bond acceptors (Lipinski definition) is 4. The van der Waals surface area contributed by atoms with Crippen molar-refractivity contribution in [1.82, 2.24) is 4.90 Å². The van der Waals surface area contributed by atoms with Gasteiger partial charge < -0.3 is 14.4 Å². The Bertz CT molecular complexity index is 577. The quantitative estimate of drug-likeness (QED) is 0.784. The molecule has 1 aliphatic rings. The third-order valence-electron chi connectivity index (χ3n) is 3.52. The molecule has 5 nitrogen and oxygen atoms in total. The van der Waals surface area contributed by atoms with Gasteiger partial charge in [-0.1, -0.05) is 19.1 Å². The number of allylic oxidation sites excluding steroid dienone is 1. The highest BCUT2D eigenvalue weighted by Crippen LogP contribution is 2.24. The molecule has 1 aromatic carbocycles. The van der Waals surface area contributed by atoms with E-state index in [2.05, 4.69) is 0 Å². The van der Waals surface area contributed by atoms with Crippen molar-refractivity contribution in [3.63, 3.8) is 0 Å². The topological polar surface area (TPSA) is 55.8 Å². The minimum Gasteiger partial charge on any atom is -0.497 e. The first-order valence-corrected chi connectivity index (χ1v) is 7.37. The SMILES string of the molecule is CCOC(=O)C1=CC(C)CC(=O)N1Cc1ccc(OC)cc1. The van der Waals surface area contributed by atoms with Gasteiger partial charge in [-0.3, -0.25) is 4.79 Å². The van der Waals surface area contributed by atoms with Crippen LogP contribution in [0.15, 0.2) is 36.0 Å². The predicted octanol–water partition coefficient (Wildman–Crippen LogP) is 2.51. The van der Waals surface area contributed by atoms with Gasteiger partial charge in [-0.05, 0) is 36.6 Å². The van der Waals surface area contributed by atoms with Crippen LogP contribution >= 0.6 is 0 Å². The van der Waals surface area contributed by atoms with Crippen molar-refractivity contribution in [1.29, 1.82) is 0 Å². The summed E-state index contributed by atoms with van der Waals surface area (Å²) in [5.74, 6) is 0.285. The molecular formula is C17H21NO4. The first-order valence-electron chi connectivity index (χ1n) is 7.37. The van der Waals surface area contributed by atoms with Crippen molar-refractivity contribution in [2.45, 2.75) is 26.8 Å². The number of methoxy groups -OCH3 is 1. The number of benzene rings is 1. The third-order valence-corrected chi connectivity index (χ3v) is 3.52. The molecule has 5 heteroatoms. The van der Waals surface area contributed by atoms with Gasteiger partial charge in [0.1, 0.15) is 11.4 Å². The number of nitrogens with zero attached hydrogens (tertiary/aromatic N) is 1. The Hall–Kier alpha value is -2.30.